The molecule has 0 bridgehead atoms. The molecule has 0 aliphatic carbocycles. The smallest absolute Gasteiger partial charge is 0.306 e. The van der Waals surface area contributed by atoms with Crippen LogP contribution in [0, 0.1) is 0 Å². The van der Waals surface area contributed by atoms with Gasteiger partial charge in [-0.3, -0.25) is 9.59 Å². The number of aliphatic hydroxyl groups excluding tert-OH is 2. The number of esters is 1. The maximum atomic E-state index is 13.2. The van der Waals surface area contributed by atoms with E-state index in [1.165, 1.54) is 173 Å². The van der Waals surface area contributed by atoms with Gasteiger partial charge in [0, 0.05) is 6.42 Å². The van der Waals surface area contributed by atoms with E-state index in [1.807, 2.05) is 6.08 Å². The lowest BCUT2D eigenvalue weighted by atomic mass is 10.0. The van der Waals surface area contributed by atoms with Crippen molar-refractivity contribution in [2.75, 3.05) is 6.61 Å². The summed E-state index contributed by atoms with van der Waals surface area (Å²) < 4.78 is 5.90. The molecule has 3 atom stereocenters. The molecule has 0 aromatic heterocycles. The molecule has 6 nitrogen and oxygen atoms in total. The molecule has 0 saturated heterocycles. The number of aliphatic hydroxyl groups is 2. The van der Waals surface area contributed by atoms with Gasteiger partial charge >= 0.3 is 5.97 Å². The van der Waals surface area contributed by atoms with E-state index in [2.05, 4.69) is 56.5 Å². The first-order valence-corrected chi connectivity index (χ1v) is 27.2. The fourth-order valence-electron chi connectivity index (χ4n) is 8.30. The molecular formula is C56H105NO5. The fourth-order valence-corrected chi connectivity index (χ4v) is 8.30. The van der Waals surface area contributed by atoms with Crippen molar-refractivity contribution >= 4 is 11.9 Å². The lowest BCUT2D eigenvalue weighted by Crippen LogP contribution is -2.46. The number of carbonyl (C=O) groups excluding carboxylic acids is 2. The number of rotatable bonds is 49. The number of nitrogens with one attached hydrogen (secondary N) is 1. The molecule has 0 aromatic rings. The number of hydrogen-bond donors (Lipinski definition) is 3. The molecule has 0 radical (unpaired) electrons. The number of carbonyl (C=O) groups is 2. The van der Waals surface area contributed by atoms with Crippen molar-refractivity contribution in [1.82, 2.24) is 5.32 Å². The van der Waals surface area contributed by atoms with Gasteiger partial charge in [0.15, 0.2) is 0 Å². The Kier molecular flexibility index (Phi) is 48.5. The summed E-state index contributed by atoms with van der Waals surface area (Å²) >= 11 is 0. The van der Waals surface area contributed by atoms with Crippen LogP contribution in [0.1, 0.15) is 284 Å². The topological polar surface area (TPSA) is 95.9 Å². The molecule has 0 aliphatic heterocycles. The van der Waals surface area contributed by atoms with Crippen molar-refractivity contribution in [2.45, 2.75) is 302 Å². The first-order valence-electron chi connectivity index (χ1n) is 27.2. The van der Waals surface area contributed by atoms with Gasteiger partial charge in [0.1, 0.15) is 6.10 Å². The lowest BCUT2D eigenvalue weighted by molar-refractivity contribution is -0.150. The molecule has 0 aliphatic rings. The van der Waals surface area contributed by atoms with Crippen LogP contribution >= 0.6 is 0 Å². The molecule has 0 spiro atoms. The molecular weight excluding hydrogens is 767 g/mol. The van der Waals surface area contributed by atoms with E-state index in [-0.39, 0.29) is 24.9 Å². The quantitative estimate of drug-likeness (QED) is 0.0321. The third-order valence-corrected chi connectivity index (χ3v) is 12.5. The summed E-state index contributed by atoms with van der Waals surface area (Å²) in [6.45, 7) is 6.48. The van der Waals surface area contributed by atoms with Crippen molar-refractivity contribution in [3.8, 4) is 0 Å². The highest BCUT2D eigenvalue weighted by atomic mass is 16.5. The molecule has 62 heavy (non-hydrogen) atoms. The van der Waals surface area contributed by atoms with E-state index in [9.17, 15) is 19.8 Å². The number of ether oxygens (including phenoxy) is 1. The second-order valence-electron chi connectivity index (χ2n) is 18.6. The summed E-state index contributed by atoms with van der Waals surface area (Å²) in [6.07, 6.45) is 59.3. The van der Waals surface area contributed by atoms with E-state index < -0.39 is 18.2 Å². The van der Waals surface area contributed by atoms with Gasteiger partial charge in [0.2, 0.25) is 5.91 Å². The minimum absolute atomic E-state index is 0.0521. The minimum Gasteiger partial charge on any atom is -0.462 e. The average molecular weight is 872 g/mol. The molecule has 3 unspecified atom stereocenters. The Labute approximate surface area is 385 Å². The Balaban J connectivity index is 4.61. The minimum atomic E-state index is -0.797. The normalized spacial score (nSPS) is 13.4. The van der Waals surface area contributed by atoms with Gasteiger partial charge in [-0.15, -0.1) is 0 Å². The summed E-state index contributed by atoms with van der Waals surface area (Å²) in [4.78, 5) is 26.1. The fraction of sp³-hybridized carbons (Fsp3) is 0.857. The highest BCUT2D eigenvalue weighted by Gasteiger charge is 2.24. The van der Waals surface area contributed by atoms with Crippen LogP contribution in [0.4, 0.5) is 0 Å². The first-order chi connectivity index (χ1) is 30.5. The summed E-state index contributed by atoms with van der Waals surface area (Å²) in [5, 5.41) is 23.8. The molecule has 0 rings (SSSR count). The number of hydrogen-bond acceptors (Lipinski definition) is 5. The molecule has 0 heterocycles. The van der Waals surface area contributed by atoms with Crippen LogP contribution in [0.3, 0.4) is 0 Å². The van der Waals surface area contributed by atoms with Crippen molar-refractivity contribution < 1.29 is 24.5 Å². The number of amides is 1. The standard InChI is InChI=1S/C56H105NO5/c1-4-7-10-13-16-19-22-25-27-30-32-35-38-41-44-47-52(62-56(61)49-46-43-40-37-34-29-24-21-18-15-12-9-6-3)50-55(60)57-53(51-58)54(59)48-45-42-39-36-33-31-28-26-23-20-17-14-11-8-5-2/h25,27,29,34,40,43,52-54,58-59H,4-24,26,28,30-33,35-39,41-42,44-51H2,1-3H3,(H,57,60)/b27-25+,34-29-,43-40+. The average Bonchev–Trinajstić information content (AvgIpc) is 3.26. The van der Waals surface area contributed by atoms with Crippen LogP contribution in [0.2, 0.25) is 0 Å². The SMILES string of the molecule is CCCCCCCC/C=C\C/C=C/CCC(=O)OC(CCCCCCC/C=C/CCCCCCCC)CC(=O)NC(CO)C(O)CCCCCCCCCCCCCCCCC. The Morgan fingerprint density at radius 2 is 0.823 bits per heavy atom. The van der Waals surface area contributed by atoms with Gasteiger partial charge in [-0.2, -0.15) is 0 Å². The van der Waals surface area contributed by atoms with Gasteiger partial charge in [-0.1, -0.05) is 237 Å². The van der Waals surface area contributed by atoms with Gasteiger partial charge < -0.3 is 20.3 Å². The summed E-state index contributed by atoms with van der Waals surface area (Å²) in [7, 11) is 0. The van der Waals surface area contributed by atoms with Crippen LogP contribution < -0.4 is 5.32 Å². The van der Waals surface area contributed by atoms with Crippen molar-refractivity contribution in [3.63, 3.8) is 0 Å². The van der Waals surface area contributed by atoms with Crippen LogP contribution in [-0.2, 0) is 14.3 Å². The number of allylic oxidation sites excluding steroid dienone is 6. The predicted octanol–water partition coefficient (Wildman–Crippen LogP) is 16.5. The molecule has 0 saturated carbocycles. The summed E-state index contributed by atoms with van der Waals surface area (Å²) in [5.41, 5.74) is 0. The molecule has 364 valence electrons. The van der Waals surface area contributed by atoms with E-state index in [0.29, 0.717) is 25.7 Å². The second-order valence-corrected chi connectivity index (χ2v) is 18.6. The lowest BCUT2D eigenvalue weighted by Gasteiger charge is -2.24. The molecule has 3 N–H and O–H groups in total. The van der Waals surface area contributed by atoms with Crippen molar-refractivity contribution in [1.29, 1.82) is 0 Å². The predicted molar refractivity (Wildman–Crippen MR) is 269 cm³/mol. The van der Waals surface area contributed by atoms with Crippen LogP contribution in [-0.4, -0.2) is 46.9 Å². The van der Waals surface area contributed by atoms with E-state index in [4.69, 9.17) is 4.74 Å². The first kappa shape index (κ1) is 60.1. The Hall–Kier alpha value is -1.92. The molecule has 0 aromatic carbocycles. The highest BCUT2D eigenvalue weighted by molar-refractivity contribution is 5.77. The maximum Gasteiger partial charge on any atom is 0.306 e. The zero-order chi connectivity index (χ0) is 45.2. The zero-order valence-corrected chi connectivity index (χ0v) is 41.5. The Morgan fingerprint density at radius 1 is 0.468 bits per heavy atom. The Bertz CT molecular complexity index is 1020. The van der Waals surface area contributed by atoms with E-state index >= 15 is 0 Å². The van der Waals surface area contributed by atoms with Crippen molar-refractivity contribution in [3.05, 3.63) is 36.5 Å². The van der Waals surface area contributed by atoms with E-state index in [1.54, 1.807) is 0 Å². The number of unbranched alkanes of at least 4 members (excludes halogenated alkanes) is 31. The maximum absolute atomic E-state index is 13.2. The summed E-state index contributed by atoms with van der Waals surface area (Å²) in [5.74, 6) is -0.552. The second kappa shape index (κ2) is 50.1. The van der Waals surface area contributed by atoms with Gasteiger partial charge in [-0.25, -0.2) is 0 Å². The monoisotopic (exact) mass is 872 g/mol. The highest BCUT2D eigenvalue weighted by Crippen LogP contribution is 2.18. The van der Waals surface area contributed by atoms with Crippen LogP contribution in [0.15, 0.2) is 36.5 Å². The Morgan fingerprint density at radius 3 is 1.24 bits per heavy atom. The largest absolute Gasteiger partial charge is 0.462 e. The van der Waals surface area contributed by atoms with Gasteiger partial charge in [-0.05, 0) is 70.6 Å². The third-order valence-electron chi connectivity index (χ3n) is 12.5. The van der Waals surface area contributed by atoms with Gasteiger partial charge in [0.05, 0.1) is 25.2 Å². The van der Waals surface area contributed by atoms with Crippen LogP contribution in [0.5, 0.6) is 0 Å². The zero-order valence-electron chi connectivity index (χ0n) is 41.5. The molecule has 6 heteroatoms. The third kappa shape index (κ3) is 44.7. The van der Waals surface area contributed by atoms with Crippen molar-refractivity contribution in [2.24, 2.45) is 0 Å². The molecule has 0 fully saturated rings. The molecule has 1 amide bonds. The van der Waals surface area contributed by atoms with Gasteiger partial charge in [0.25, 0.3) is 0 Å². The van der Waals surface area contributed by atoms with E-state index in [0.717, 1.165) is 57.8 Å². The van der Waals surface area contributed by atoms with Crippen LogP contribution in [0.25, 0.3) is 0 Å². The summed E-state index contributed by atoms with van der Waals surface area (Å²) in [6, 6.07) is -0.713.